The molecule has 0 saturated carbocycles. The highest BCUT2D eigenvalue weighted by Gasteiger charge is 2.18. The Labute approximate surface area is 87.3 Å². The largest absolute Gasteiger partial charge is 0.459 e. The van der Waals surface area contributed by atoms with Crippen molar-refractivity contribution in [3.63, 3.8) is 0 Å². The minimum atomic E-state index is -0.211. The van der Waals surface area contributed by atoms with E-state index in [9.17, 15) is 0 Å². The summed E-state index contributed by atoms with van der Waals surface area (Å²) in [5.74, 6) is 1.71. The Bertz CT molecular complexity index is 420. The third-order valence-corrected chi connectivity index (χ3v) is 2.19. The lowest BCUT2D eigenvalue weighted by atomic mass is 10.1. The van der Waals surface area contributed by atoms with Crippen LogP contribution < -0.4 is 5.73 Å². The monoisotopic (exact) mass is 207 g/mol. The first kappa shape index (κ1) is 9.92. The van der Waals surface area contributed by atoms with Crippen LogP contribution in [0, 0.1) is 5.92 Å². The van der Waals surface area contributed by atoms with Crippen molar-refractivity contribution in [3.05, 3.63) is 24.2 Å². The average molecular weight is 207 g/mol. The van der Waals surface area contributed by atoms with E-state index < -0.39 is 0 Å². The van der Waals surface area contributed by atoms with Gasteiger partial charge in [0.15, 0.2) is 11.6 Å². The summed E-state index contributed by atoms with van der Waals surface area (Å²) in [7, 11) is 0. The van der Waals surface area contributed by atoms with E-state index in [1.54, 1.807) is 18.4 Å². The van der Waals surface area contributed by atoms with Crippen LogP contribution in [0.2, 0.25) is 0 Å². The number of aromatic nitrogens is 2. The second-order valence-electron chi connectivity index (χ2n) is 3.70. The number of hydrogen-bond donors (Lipinski definition) is 1. The summed E-state index contributed by atoms with van der Waals surface area (Å²) in [6.45, 7) is 4.02. The average Bonchev–Trinajstić information content (AvgIpc) is 2.86. The highest BCUT2D eigenvalue weighted by molar-refractivity contribution is 5.42. The van der Waals surface area contributed by atoms with Crippen molar-refractivity contribution in [2.24, 2.45) is 11.7 Å². The molecule has 0 aliphatic heterocycles. The van der Waals surface area contributed by atoms with E-state index in [1.807, 2.05) is 13.8 Å². The third kappa shape index (κ3) is 1.92. The summed E-state index contributed by atoms with van der Waals surface area (Å²) in [5.41, 5.74) is 5.89. The molecular formula is C10H13N3O2. The van der Waals surface area contributed by atoms with Crippen LogP contribution in [0.1, 0.15) is 25.7 Å². The Morgan fingerprint density at radius 3 is 2.80 bits per heavy atom. The second-order valence-corrected chi connectivity index (χ2v) is 3.70. The molecule has 80 valence electrons. The molecule has 2 N–H and O–H groups in total. The Kier molecular flexibility index (Phi) is 2.55. The van der Waals surface area contributed by atoms with Crippen molar-refractivity contribution in [1.82, 2.24) is 10.1 Å². The number of furan rings is 1. The lowest BCUT2D eigenvalue weighted by Crippen LogP contribution is -2.18. The van der Waals surface area contributed by atoms with E-state index in [0.29, 0.717) is 17.5 Å². The number of hydrogen-bond acceptors (Lipinski definition) is 5. The number of nitrogens with two attached hydrogens (primary N) is 1. The molecule has 0 fully saturated rings. The van der Waals surface area contributed by atoms with Gasteiger partial charge in [0, 0.05) is 0 Å². The highest BCUT2D eigenvalue weighted by Crippen LogP contribution is 2.21. The van der Waals surface area contributed by atoms with Crippen LogP contribution in [0.25, 0.3) is 11.7 Å². The van der Waals surface area contributed by atoms with Gasteiger partial charge in [0.05, 0.1) is 12.3 Å². The SMILES string of the molecule is CC(C)C(N)c1noc(-c2ccco2)n1. The molecule has 0 radical (unpaired) electrons. The summed E-state index contributed by atoms with van der Waals surface area (Å²) >= 11 is 0. The summed E-state index contributed by atoms with van der Waals surface area (Å²) in [6.07, 6.45) is 1.56. The molecular weight excluding hydrogens is 194 g/mol. The standard InChI is InChI=1S/C10H13N3O2/c1-6(2)8(11)9-12-10(15-13-9)7-4-3-5-14-7/h3-6,8H,11H2,1-2H3. The summed E-state index contributed by atoms with van der Waals surface area (Å²) in [4.78, 5) is 4.18. The van der Waals surface area contributed by atoms with E-state index in [2.05, 4.69) is 10.1 Å². The lowest BCUT2D eigenvalue weighted by Gasteiger charge is -2.09. The van der Waals surface area contributed by atoms with E-state index in [-0.39, 0.29) is 12.0 Å². The molecule has 5 nitrogen and oxygen atoms in total. The van der Waals surface area contributed by atoms with Crippen LogP contribution in [-0.4, -0.2) is 10.1 Å². The van der Waals surface area contributed by atoms with Crippen LogP contribution in [0.4, 0.5) is 0 Å². The molecule has 2 aromatic rings. The molecule has 0 aliphatic carbocycles. The molecule has 15 heavy (non-hydrogen) atoms. The molecule has 0 bridgehead atoms. The molecule has 2 aromatic heterocycles. The van der Waals surface area contributed by atoms with E-state index in [0.717, 1.165) is 0 Å². The van der Waals surface area contributed by atoms with Crippen molar-refractivity contribution in [2.45, 2.75) is 19.9 Å². The predicted octanol–water partition coefficient (Wildman–Crippen LogP) is 1.99. The molecule has 0 amide bonds. The summed E-state index contributed by atoms with van der Waals surface area (Å²) < 4.78 is 10.2. The maximum Gasteiger partial charge on any atom is 0.293 e. The fraction of sp³-hybridized carbons (Fsp3) is 0.400. The van der Waals surface area contributed by atoms with Gasteiger partial charge in [-0.2, -0.15) is 4.98 Å². The summed E-state index contributed by atoms with van der Waals surface area (Å²) in [6, 6.07) is 3.32. The zero-order valence-electron chi connectivity index (χ0n) is 8.68. The molecule has 2 heterocycles. The van der Waals surface area contributed by atoms with E-state index in [1.165, 1.54) is 0 Å². The fourth-order valence-corrected chi connectivity index (χ4v) is 1.17. The molecule has 5 heteroatoms. The van der Waals surface area contributed by atoms with Crippen molar-refractivity contribution < 1.29 is 8.94 Å². The Balaban J connectivity index is 2.25. The van der Waals surface area contributed by atoms with Crippen molar-refractivity contribution in [3.8, 4) is 11.7 Å². The highest BCUT2D eigenvalue weighted by atomic mass is 16.5. The fourth-order valence-electron chi connectivity index (χ4n) is 1.17. The van der Waals surface area contributed by atoms with Crippen LogP contribution in [0.3, 0.4) is 0 Å². The maximum atomic E-state index is 5.89. The first-order valence-corrected chi connectivity index (χ1v) is 4.81. The third-order valence-electron chi connectivity index (χ3n) is 2.19. The zero-order chi connectivity index (χ0) is 10.8. The molecule has 2 rings (SSSR count). The van der Waals surface area contributed by atoms with Crippen molar-refractivity contribution in [2.75, 3.05) is 0 Å². The first-order chi connectivity index (χ1) is 7.18. The van der Waals surface area contributed by atoms with Gasteiger partial charge in [0.25, 0.3) is 5.89 Å². The molecule has 0 spiro atoms. The van der Waals surface area contributed by atoms with Gasteiger partial charge >= 0.3 is 0 Å². The van der Waals surface area contributed by atoms with Crippen LogP contribution in [0.15, 0.2) is 27.3 Å². The topological polar surface area (TPSA) is 78.1 Å². The molecule has 1 atom stereocenters. The predicted molar refractivity (Wildman–Crippen MR) is 53.8 cm³/mol. The van der Waals surface area contributed by atoms with Gasteiger partial charge in [-0.25, -0.2) is 0 Å². The van der Waals surface area contributed by atoms with Gasteiger partial charge < -0.3 is 14.7 Å². The van der Waals surface area contributed by atoms with Gasteiger partial charge in [0.2, 0.25) is 0 Å². The normalized spacial score (nSPS) is 13.3. The van der Waals surface area contributed by atoms with Gasteiger partial charge in [-0.05, 0) is 18.1 Å². The maximum absolute atomic E-state index is 5.89. The van der Waals surface area contributed by atoms with Crippen LogP contribution in [0.5, 0.6) is 0 Å². The summed E-state index contributed by atoms with van der Waals surface area (Å²) in [5, 5.41) is 3.82. The smallest absolute Gasteiger partial charge is 0.293 e. The number of nitrogens with zero attached hydrogens (tertiary/aromatic N) is 2. The van der Waals surface area contributed by atoms with Gasteiger partial charge in [-0.3, -0.25) is 0 Å². The van der Waals surface area contributed by atoms with Crippen molar-refractivity contribution >= 4 is 0 Å². The van der Waals surface area contributed by atoms with E-state index >= 15 is 0 Å². The number of rotatable bonds is 3. The Morgan fingerprint density at radius 2 is 2.20 bits per heavy atom. The zero-order valence-corrected chi connectivity index (χ0v) is 8.68. The minimum Gasteiger partial charge on any atom is -0.459 e. The molecule has 0 aliphatic rings. The Hall–Kier alpha value is -1.62. The van der Waals surface area contributed by atoms with Gasteiger partial charge in [-0.1, -0.05) is 19.0 Å². The van der Waals surface area contributed by atoms with Crippen molar-refractivity contribution in [1.29, 1.82) is 0 Å². The first-order valence-electron chi connectivity index (χ1n) is 4.81. The van der Waals surface area contributed by atoms with Crippen LogP contribution in [-0.2, 0) is 0 Å². The lowest BCUT2D eigenvalue weighted by molar-refractivity contribution is 0.391. The quantitative estimate of drug-likeness (QED) is 0.832. The molecule has 1 unspecified atom stereocenters. The second kappa shape index (κ2) is 3.86. The van der Waals surface area contributed by atoms with Gasteiger partial charge in [-0.15, -0.1) is 0 Å². The molecule has 0 saturated heterocycles. The molecule has 0 aromatic carbocycles. The van der Waals surface area contributed by atoms with E-state index in [4.69, 9.17) is 14.7 Å². The minimum absolute atomic E-state index is 0.211. The Morgan fingerprint density at radius 1 is 1.40 bits per heavy atom. The van der Waals surface area contributed by atoms with Gasteiger partial charge in [0.1, 0.15) is 0 Å². The van der Waals surface area contributed by atoms with Crippen LogP contribution >= 0.6 is 0 Å².